The number of anilines is 1. The van der Waals surface area contributed by atoms with Crippen LogP contribution in [0.5, 0.6) is 0 Å². The predicted molar refractivity (Wildman–Crippen MR) is 107 cm³/mol. The van der Waals surface area contributed by atoms with E-state index in [1.54, 1.807) is 0 Å². The first-order valence-electron chi connectivity index (χ1n) is 8.52. The van der Waals surface area contributed by atoms with Crippen molar-refractivity contribution in [2.45, 2.75) is 29.6 Å². The summed E-state index contributed by atoms with van der Waals surface area (Å²) in [5, 5.41) is 10.7. The van der Waals surface area contributed by atoms with Gasteiger partial charge in [0.1, 0.15) is 0 Å². The summed E-state index contributed by atoms with van der Waals surface area (Å²) in [4.78, 5) is 15.8. The average Bonchev–Trinajstić information content (AvgIpc) is 2.80. The summed E-state index contributed by atoms with van der Waals surface area (Å²) in [6.45, 7) is 2.96. The molecule has 1 aliphatic rings. The number of aliphatic hydroxyl groups is 1. The highest BCUT2D eigenvalue weighted by Crippen LogP contribution is 2.37. The summed E-state index contributed by atoms with van der Waals surface area (Å²) in [5.74, 6) is 1.03. The van der Waals surface area contributed by atoms with Crippen molar-refractivity contribution in [1.29, 1.82) is 0 Å². The van der Waals surface area contributed by atoms with Crippen LogP contribution in [0.4, 0.5) is 5.69 Å². The highest BCUT2D eigenvalue weighted by atomic mass is 32.2. The smallest absolute Gasteiger partial charge is 0.237 e. The van der Waals surface area contributed by atoms with Gasteiger partial charge in [-0.3, -0.25) is 4.79 Å². The van der Waals surface area contributed by atoms with E-state index in [9.17, 15) is 9.90 Å². The molecule has 1 aliphatic heterocycles. The lowest BCUT2D eigenvalue weighted by Crippen LogP contribution is -2.33. The summed E-state index contributed by atoms with van der Waals surface area (Å²) < 4.78 is 0. The van der Waals surface area contributed by atoms with Gasteiger partial charge < -0.3 is 10.0 Å². The zero-order valence-corrected chi connectivity index (χ0v) is 15.9. The second kappa shape index (κ2) is 8.79. The van der Waals surface area contributed by atoms with Crippen molar-refractivity contribution < 1.29 is 9.90 Å². The van der Waals surface area contributed by atoms with Crippen molar-refractivity contribution >= 4 is 35.1 Å². The molecule has 0 aromatic heterocycles. The molecule has 2 unspecified atom stereocenters. The average molecular weight is 374 g/mol. The van der Waals surface area contributed by atoms with Gasteiger partial charge in [0, 0.05) is 22.4 Å². The SMILES string of the molecule is CC1CCN(C(=O)CSCC(O)c2ccccc2)c2ccccc2S1. The number of carbonyl (C=O) groups excluding carboxylic acids is 1. The quantitative estimate of drug-likeness (QED) is 0.845. The van der Waals surface area contributed by atoms with Crippen LogP contribution in [0.2, 0.25) is 0 Å². The molecule has 1 amide bonds. The Morgan fingerprint density at radius 3 is 2.76 bits per heavy atom. The lowest BCUT2D eigenvalue weighted by molar-refractivity contribution is -0.116. The minimum absolute atomic E-state index is 0.118. The number of hydrogen-bond acceptors (Lipinski definition) is 4. The first-order chi connectivity index (χ1) is 12.1. The topological polar surface area (TPSA) is 40.5 Å². The first kappa shape index (κ1) is 18.4. The molecule has 2 aromatic rings. The predicted octanol–water partition coefficient (Wildman–Crippen LogP) is 4.37. The number of aliphatic hydroxyl groups excluding tert-OH is 1. The molecular weight excluding hydrogens is 350 g/mol. The van der Waals surface area contributed by atoms with Gasteiger partial charge in [0.25, 0.3) is 0 Å². The molecule has 25 heavy (non-hydrogen) atoms. The highest BCUT2D eigenvalue weighted by Gasteiger charge is 2.24. The number of carbonyl (C=O) groups is 1. The van der Waals surface area contributed by atoms with Crippen molar-refractivity contribution in [1.82, 2.24) is 0 Å². The van der Waals surface area contributed by atoms with Gasteiger partial charge in [-0.2, -0.15) is 0 Å². The molecule has 2 aromatic carbocycles. The molecule has 3 nitrogen and oxygen atoms in total. The number of amides is 1. The van der Waals surface area contributed by atoms with Crippen LogP contribution in [-0.2, 0) is 4.79 Å². The molecule has 0 saturated heterocycles. The van der Waals surface area contributed by atoms with Crippen LogP contribution >= 0.6 is 23.5 Å². The van der Waals surface area contributed by atoms with E-state index in [0.29, 0.717) is 16.8 Å². The van der Waals surface area contributed by atoms with Crippen LogP contribution in [0.3, 0.4) is 0 Å². The molecule has 0 fully saturated rings. The van der Waals surface area contributed by atoms with E-state index < -0.39 is 6.10 Å². The summed E-state index contributed by atoms with van der Waals surface area (Å²) in [7, 11) is 0. The Balaban J connectivity index is 1.60. The lowest BCUT2D eigenvalue weighted by atomic mass is 10.1. The molecule has 0 aliphatic carbocycles. The molecule has 0 saturated carbocycles. The van der Waals surface area contributed by atoms with Gasteiger partial charge in [0.15, 0.2) is 0 Å². The van der Waals surface area contributed by atoms with Crippen molar-refractivity contribution in [2.24, 2.45) is 0 Å². The number of nitrogens with zero attached hydrogens (tertiary/aromatic N) is 1. The molecule has 2 atom stereocenters. The van der Waals surface area contributed by atoms with Crippen LogP contribution in [0.1, 0.15) is 25.0 Å². The zero-order valence-electron chi connectivity index (χ0n) is 14.3. The van der Waals surface area contributed by atoms with E-state index in [0.717, 1.165) is 24.2 Å². The molecule has 0 spiro atoms. The van der Waals surface area contributed by atoms with Gasteiger partial charge in [0.05, 0.1) is 17.5 Å². The Morgan fingerprint density at radius 2 is 1.96 bits per heavy atom. The first-order valence-corrected chi connectivity index (χ1v) is 10.6. The van der Waals surface area contributed by atoms with E-state index in [-0.39, 0.29) is 5.91 Å². The Morgan fingerprint density at radius 1 is 1.24 bits per heavy atom. The number of hydrogen-bond donors (Lipinski definition) is 1. The maximum atomic E-state index is 12.8. The Bertz CT molecular complexity index is 708. The summed E-state index contributed by atoms with van der Waals surface area (Å²) in [5.41, 5.74) is 1.92. The third kappa shape index (κ3) is 4.81. The van der Waals surface area contributed by atoms with Crippen molar-refractivity contribution in [3.8, 4) is 0 Å². The molecule has 5 heteroatoms. The Labute approximate surface area is 157 Å². The fraction of sp³-hybridized carbons (Fsp3) is 0.350. The van der Waals surface area contributed by atoms with Gasteiger partial charge in [-0.05, 0) is 24.1 Å². The van der Waals surface area contributed by atoms with Crippen molar-refractivity contribution in [2.75, 3.05) is 23.0 Å². The zero-order chi connectivity index (χ0) is 17.6. The Kier molecular flexibility index (Phi) is 6.45. The van der Waals surface area contributed by atoms with Gasteiger partial charge >= 0.3 is 0 Å². The van der Waals surface area contributed by atoms with Gasteiger partial charge in [-0.25, -0.2) is 0 Å². The number of benzene rings is 2. The monoisotopic (exact) mass is 373 g/mol. The number of thioether (sulfide) groups is 2. The number of rotatable bonds is 5. The van der Waals surface area contributed by atoms with E-state index in [2.05, 4.69) is 13.0 Å². The standard InChI is InChI=1S/C20H23NO2S2/c1-15-11-12-21(17-9-5-6-10-19(17)25-15)20(23)14-24-13-18(22)16-7-3-2-4-8-16/h2-10,15,18,22H,11-14H2,1H3. The second-order valence-electron chi connectivity index (χ2n) is 6.17. The van der Waals surface area contributed by atoms with Crippen molar-refractivity contribution in [3.05, 3.63) is 60.2 Å². The minimum atomic E-state index is -0.536. The van der Waals surface area contributed by atoms with E-state index in [4.69, 9.17) is 0 Å². The van der Waals surface area contributed by atoms with Crippen LogP contribution in [0.25, 0.3) is 0 Å². The largest absolute Gasteiger partial charge is 0.388 e. The van der Waals surface area contributed by atoms with Gasteiger partial charge in [0.2, 0.25) is 5.91 Å². The van der Waals surface area contributed by atoms with Crippen LogP contribution in [0.15, 0.2) is 59.5 Å². The molecular formula is C20H23NO2S2. The van der Waals surface area contributed by atoms with E-state index in [1.165, 1.54) is 16.7 Å². The maximum Gasteiger partial charge on any atom is 0.237 e. The van der Waals surface area contributed by atoms with Gasteiger partial charge in [-0.1, -0.05) is 49.4 Å². The fourth-order valence-corrected chi connectivity index (χ4v) is 4.83. The van der Waals surface area contributed by atoms with E-state index >= 15 is 0 Å². The van der Waals surface area contributed by atoms with E-state index in [1.807, 2.05) is 65.2 Å². The fourth-order valence-electron chi connectivity index (χ4n) is 2.85. The molecule has 1 heterocycles. The summed E-state index contributed by atoms with van der Waals surface area (Å²) in [6, 6.07) is 17.7. The molecule has 132 valence electrons. The van der Waals surface area contributed by atoms with Crippen LogP contribution in [0, 0.1) is 0 Å². The molecule has 1 N–H and O–H groups in total. The summed E-state index contributed by atoms with van der Waals surface area (Å²) >= 11 is 3.33. The molecule has 0 radical (unpaired) electrons. The third-order valence-corrected chi connectivity index (χ3v) is 6.47. The third-order valence-electron chi connectivity index (χ3n) is 4.23. The summed E-state index contributed by atoms with van der Waals surface area (Å²) in [6.07, 6.45) is 0.452. The normalized spacial score (nSPS) is 18.3. The molecule has 3 rings (SSSR count). The second-order valence-corrected chi connectivity index (χ2v) is 8.68. The van der Waals surface area contributed by atoms with Crippen LogP contribution < -0.4 is 4.90 Å². The van der Waals surface area contributed by atoms with Gasteiger partial charge in [-0.15, -0.1) is 23.5 Å². The number of para-hydroxylation sites is 1. The highest BCUT2D eigenvalue weighted by molar-refractivity contribution is 8.00. The molecule has 0 bridgehead atoms. The number of fused-ring (bicyclic) bond motifs is 1. The maximum absolute atomic E-state index is 12.8. The van der Waals surface area contributed by atoms with Crippen LogP contribution in [-0.4, -0.2) is 34.3 Å². The lowest BCUT2D eigenvalue weighted by Gasteiger charge is -2.22. The van der Waals surface area contributed by atoms with Crippen molar-refractivity contribution in [3.63, 3.8) is 0 Å². The Hall–Kier alpha value is -1.43. The minimum Gasteiger partial charge on any atom is -0.388 e.